The Labute approximate surface area is 117 Å². The molecular formula is C13H19N5O2. The van der Waals surface area contributed by atoms with E-state index in [0.717, 1.165) is 37.0 Å². The van der Waals surface area contributed by atoms with Crippen molar-refractivity contribution in [3.8, 4) is 0 Å². The van der Waals surface area contributed by atoms with Crippen molar-refractivity contribution < 1.29 is 9.15 Å². The average molecular weight is 277 g/mol. The maximum Gasteiger partial charge on any atom is 0.208 e. The molecule has 2 aromatic rings. The SMILES string of the molecule is CCc1cnc(CN2CCO[C@H](c3n[nH]c(C)n3)C2)o1. The number of rotatable bonds is 4. The lowest BCUT2D eigenvalue weighted by molar-refractivity contribution is -0.0393. The van der Waals surface area contributed by atoms with Crippen molar-refractivity contribution in [2.45, 2.75) is 32.9 Å². The molecule has 1 N–H and O–H groups in total. The number of hydrogen-bond donors (Lipinski definition) is 1. The van der Waals surface area contributed by atoms with Crippen molar-refractivity contribution in [3.63, 3.8) is 0 Å². The Morgan fingerprint density at radius 2 is 2.40 bits per heavy atom. The molecule has 0 bridgehead atoms. The van der Waals surface area contributed by atoms with E-state index < -0.39 is 0 Å². The number of ether oxygens (including phenoxy) is 1. The molecule has 0 amide bonds. The van der Waals surface area contributed by atoms with Gasteiger partial charge in [-0.25, -0.2) is 9.97 Å². The van der Waals surface area contributed by atoms with E-state index in [-0.39, 0.29) is 6.10 Å². The van der Waals surface area contributed by atoms with Crippen LogP contribution in [0, 0.1) is 6.92 Å². The van der Waals surface area contributed by atoms with Gasteiger partial charge >= 0.3 is 0 Å². The topological polar surface area (TPSA) is 80.1 Å². The second-order valence-corrected chi connectivity index (χ2v) is 4.95. The van der Waals surface area contributed by atoms with E-state index in [9.17, 15) is 0 Å². The van der Waals surface area contributed by atoms with Crippen LogP contribution in [0.25, 0.3) is 0 Å². The lowest BCUT2D eigenvalue weighted by Crippen LogP contribution is -2.38. The van der Waals surface area contributed by atoms with Gasteiger partial charge in [0, 0.05) is 19.5 Å². The zero-order valence-corrected chi connectivity index (χ0v) is 11.8. The van der Waals surface area contributed by atoms with E-state index in [4.69, 9.17) is 9.15 Å². The molecular weight excluding hydrogens is 258 g/mol. The standard InChI is InChI=1S/C13H19N5O2/c1-3-10-6-14-12(20-10)8-18-4-5-19-11(7-18)13-15-9(2)16-17-13/h6,11H,3-5,7-8H2,1-2H3,(H,15,16,17)/t11-/m0/s1. The summed E-state index contributed by atoms with van der Waals surface area (Å²) in [6, 6.07) is 0. The van der Waals surface area contributed by atoms with Gasteiger partial charge < -0.3 is 9.15 Å². The van der Waals surface area contributed by atoms with E-state index >= 15 is 0 Å². The molecule has 0 radical (unpaired) electrons. The summed E-state index contributed by atoms with van der Waals surface area (Å²) < 4.78 is 11.4. The summed E-state index contributed by atoms with van der Waals surface area (Å²) in [6.45, 7) is 6.92. The molecule has 3 rings (SSSR count). The molecule has 108 valence electrons. The molecule has 1 saturated heterocycles. The van der Waals surface area contributed by atoms with Crippen LogP contribution in [-0.2, 0) is 17.7 Å². The van der Waals surface area contributed by atoms with Crippen molar-refractivity contribution in [2.24, 2.45) is 0 Å². The van der Waals surface area contributed by atoms with Crippen LogP contribution in [0.4, 0.5) is 0 Å². The molecule has 0 aromatic carbocycles. The molecule has 20 heavy (non-hydrogen) atoms. The Hall–Kier alpha value is -1.73. The van der Waals surface area contributed by atoms with E-state index in [1.54, 1.807) is 6.20 Å². The maximum atomic E-state index is 5.73. The van der Waals surface area contributed by atoms with Crippen LogP contribution in [0.1, 0.15) is 36.3 Å². The molecule has 0 spiro atoms. The summed E-state index contributed by atoms with van der Waals surface area (Å²) in [6.07, 6.45) is 2.58. The molecule has 0 unspecified atom stereocenters. The molecule has 7 nitrogen and oxygen atoms in total. The van der Waals surface area contributed by atoms with Crippen LogP contribution in [0.5, 0.6) is 0 Å². The van der Waals surface area contributed by atoms with Gasteiger partial charge in [0.2, 0.25) is 5.89 Å². The third-order valence-corrected chi connectivity index (χ3v) is 3.36. The molecule has 2 aromatic heterocycles. The Bertz CT molecular complexity index is 565. The summed E-state index contributed by atoms with van der Waals surface area (Å²) in [5.41, 5.74) is 0. The third kappa shape index (κ3) is 2.88. The second kappa shape index (κ2) is 5.72. The fourth-order valence-electron chi connectivity index (χ4n) is 2.28. The van der Waals surface area contributed by atoms with Gasteiger partial charge in [-0.15, -0.1) is 0 Å². The monoisotopic (exact) mass is 277 g/mol. The lowest BCUT2D eigenvalue weighted by Gasteiger charge is -2.30. The Morgan fingerprint density at radius 1 is 1.50 bits per heavy atom. The summed E-state index contributed by atoms with van der Waals surface area (Å²) >= 11 is 0. The highest BCUT2D eigenvalue weighted by Crippen LogP contribution is 2.20. The highest BCUT2D eigenvalue weighted by molar-refractivity contribution is 4.97. The van der Waals surface area contributed by atoms with E-state index in [2.05, 4.69) is 32.0 Å². The zero-order valence-electron chi connectivity index (χ0n) is 11.8. The van der Waals surface area contributed by atoms with Gasteiger partial charge in [-0.3, -0.25) is 10.00 Å². The summed E-state index contributed by atoms with van der Waals surface area (Å²) in [4.78, 5) is 10.9. The first-order chi connectivity index (χ1) is 9.74. The maximum absolute atomic E-state index is 5.73. The van der Waals surface area contributed by atoms with Crippen molar-refractivity contribution in [2.75, 3.05) is 19.7 Å². The van der Waals surface area contributed by atoms with E-state index in [1.165, 1.54) is 0 Å². The number of hydrogen-bond acceptors (Lipinski definition) is 6. The fourth-order valence-corrected chi connectivity index (χ4v) is 2.28. The summed E-state index contributed by atoms with van der Waals surface area (Å²) in [5.74, 6) is 3.21. The molecule has 1 aliphatic rings. The number of nitrogens with zero attached hydrogens (tertiary/aromatic N) is 4. The van der Waals surface area contributed by atoms with Crippen molar-refractivity contribution in [1.82, 2.24) is 25.1 Å². The molecule has 1 aliphatic heterocycles. The smallest absolute Gasteiger partial charge is 0.208 e. The Balaban J connectivity index is 1.63. The predicted molar refractivity (Wildman–Crippen MR) is 71.0 cm³/mol. The number of aryl methyl sites for hydroxylation is 2. The molecule has 0 saturated carbocycles. The van der Waals surface area contributed by atoms with Gasteiger partial charge in [-0.2, -0.15) is 5.10 Å². The predicted octanol–water partition coefficient (Wildman–Crippen LogP) is 1.24. The van der Waals surface area contributed by atoms with Crippen LogP contribution >= 0.6 is 0 Å². The first-order valence-electron chi connectivity index (χ1n) is 6.91. The van der Waals surface area contributed by atoms with Gasteiger partial charge in [0.05, 0.1) is 19.3 Å². The van der Waals surface area contributed by atoms with E-state index in [1.807, 2.05) is 6.92 Å². The highest BCUT2D eigenvalue weighted by atomic mass is 16.5. The fraction of sp³-hybridized carbons (Fsp3) is 0.615. The Kier molecular flexibility index (Phi) is 3.79. The van der Waals surface area contributed by atoms with Crippen LogP contribution in [0.15, 0.2) is 10.6 Å². The Morgan fingerprint density at radius 3 is 3.10 bits per heavy atom. The lowest BCUT2D eigenvalue weighted by atomic mass is 10.2. The van der Waals surface area contributed by atoms with Crippen LogP contribution < -0.4 is 0 Å². The van der Waals surface area contributed by atoms with Crippen molar-refractivity contribution >= 4 is 0 Å². The molecule has 3 heterocycles. The van der Waals surface area contributed by atoms with Gasteiger partial charge in [-0.1, -0.05) is 6.92 Å². The average Bonchev–Trinajstić information content (AvgIpc) is 3.08. The zero-order chi connectivity index (χ0) is 13.9. The molecule has 7 heteroatoms. The molecule has 0 aliphatic carbocycles. The van der Waals surface area contributed by atoms with Gasteiger partial charge in [0.1, 0.15) is 17.7 Å². The number of aromatic amines is 1. The third-order valence-electron chi connectivity index (χ3n) is 3.36. The number of oxazole rings is 1. The van der Waals surface area contributed by atoms with E-state index in [0.29, 0.717) is 19.0 Å². The number of H-pyrrole nitrogens is 1. The van der Waals surface area contributed by atoms with Gasteiger partial charge in [0.25, 0.3) is 0 Å². The van der Waals surface area contributed by atoms with Crippen LogP contribution in [0.3, 0.4) is 0 Å². The van der Waals surface area contributed by atoms with Gasteiger partial charge in [0.15, 0.2) is 5.82 Å². The largest absolute Gasteiger partial charge is 0.444 e. The minimum absolute atomic E-state index is 0.0886. The first kappa shape index (κ1) is 13.3. The number of nitrogens with one attached hydrogen (secondary N) is 1. The molecule has 1 fully saturated rings. The second-order valence-electron chi connectivity index (χ2n) is 4.95. The summed E-state index contributed by atoms with van der Waals surface area (Å²) in [5, 5.41) is 7.02. The van der Waals surface area contributed by atoms with Crippen LogP contribution in [-0.4, -0.2) is 44.8 Å². The minimum Gasteiger partial charge on any atom is -0.444 e. The normalized spacial score (nSPS) is 20.4. The van der Waals surface area contributed by atoms with Crippen molar-refractivity contribution in [1.29, 1.82) is 0 Å². The van der Waals surface area contributed by atoms with Crippen LogP contribution in [0.2, 0.25) is 0 Å². The van der Waals surface area contributed by atoms with Gasteiger partial charge in [-0.05, 0) is 6.92 Å². The number of aromatic nitrogens is 4. The number of morpholine rings is 1. The quantitative estimate of drug-likeness (QED) is 0.905. The first-order valence-corrected chi connectivity index (χ1v) is 6.91. The summed E-state index contributed by atoms with van der Waals surface area (Å²) in [7, 11) is 0. The highest BCUT2D eigenvalue weighted by Gasteiger charge is 2.25. The molecule has 1 atom stereocenters. The van der Waals surface area contributed by atoms with Crippen molar-refractivity contribution in [3.05, 3.63) is 29.5 Å². The minimum atomic E-state index is -0.0886.